The molecule has 0 aromatic heterocycles. The lowest BCUT2D eigenvalue weighted by Gasteiger charge is -2.30. The summed E-state index contributed by atoms with van der Waals surface area (Å²) in [6, 6.07) is 5.98. The van der Waals surface area contributed by atoms with Crippen LogP contribution in [-0.4, -0.2) is 17.8 Å². The smallest absolute Gasteiger partial charge is 0.122 e. The molecule has 2 nitrogen and oxygen atoms in total. The lowest BCUT2D eigenvalue weighted by atomic mass is 9.83. The Hall–Kier alpha value is -0.540. The van der Waals surface area contributed by atoms with Crippen molar-refractivity contribution in [2.45, 2.75) is 44.6 Å². The first-order valence-electron chi connectivity index (χ1n) is 6.64. The molecule has 1 aliphatic rings. The van der Waals surface area contributed by atoms with Gasteiger partial charge in [-0.3, -0.25) is 0 Å². The maximum Gasteiger partial charge on any atom is 0.122 e. The number of benzene rings is 1. The second-order valence-corrected chi connectivity index (χ2v) is 6.15. The molecule has 2 atom stereocenters. The first kappa shape index (κ1) is 13.9. The van der Waals surface area contributed by atoms with Crippen LogP contribution >= 0.6 is 15.9 Å². The van der Waals surface area contributed by atoms with Gasteiger partial charge < -0.3 is 9.84 Å². The summed E-state index contributed by atoms with van der Waals surface area (Å²) in [6.07, 6.45) is 4.91. The number of halogens is 1. The number of hydrogen-bond acceptors (Lipinski definition) is 2. The Kier molecular flexibility index (Phi) is 4.33. The summed E-state index contributed by atoms with van der Waals surface area (Å²) in [5.41, 5.74) is 0.540. The average molecular weight is 313 g/mol. The van der Waals surface area contributed by atoms with E-state index in [-0.39, 0.29) is 0 Å². The fraction of sp³-hybridized carbons (Fsp3) is 0.600. The largest absolute Gasteiger partial charge is 0.496 e. The van der Waals surface area contributed by atoms with Crippen LogP contribution in [0.5, 0.6) is 5.75 Å². The maximum atomic E-state index is 10.8. The molecule has 18 heavy (non-hydrogen) atoms. The molecule has 3 heteroatoms. The third-order valence-corrected chi connectivity index (χ3v) is 4.65. The van der Waals surface area contributed by atoms with Gasteiger partial charge in [0.1, 0.15) is 5.75 Å². The number of aliphatic hydroxyl groups is 1. The van der Waals surface area contributed by atoms with E-state index in [0.717, 1.165) is 41.5 Å². The van der Waals surface area contributed by atoms with Gasteiger partial charge in [0.15, 0.2) is 0 Å². The van der Waals surface area contributed by atoms with Crippen LogP contribution in [-0.2, 0) is 6.42 Å². The highest BCUT2D eigenvalue weighted by molar-refractivity contribution is 9.10. The Balaban J connectivity index is 2.25. The quantitative estimate of drug-likeness (QED) is 0.912. The summed E-state index contributed by atoms with van der Waals surface area (Å²) < 4.78 is 6.43. The predicted molar refractivity (Wildman–Crippen MR) is 77.0 cm³/mol. The molecule has 0 heterocycles. The number of ether oxygens (including phenoxy) is 1. The Morgan fingerprint density at radius 3 is 2.94 bits per heavy atom. The van der Waals surface area contributed by atoms with Crippen LogP contribution in [0.3, 0.4) is 0 Å². The van der Waals surface area contributed by atoms with Gasteiger partial charge in [0, 0.05) is 10.9 Å². The molecule has 0 radical (unpaired) electrons. The van der Waals surface area contributed by atoms with E-state index < -0.39 is 5.60 Å². The van der Waals surface area contributed by atoms with E-state index >= 15 is 0 Å². The van der Waals surface area contributed by atoms with Gasteiger partial charge in [-0.25, -0.2) is 0 Å². The minimum absolute atomic E-state index is 0.418. The minimum atomic E-state index is -0.553. The molecule has 0 spiro atoms. The van der Waals surface area contributed by atoms with E-state index in [9.17, 15) is 5.11 Å². The number of rotatable bonds is 4. The molecular formula is C15H21BrO2. The summed E-state index contributed by atoms with van der Waals surface area (Å²) in [5, 5.41) is 10.8. The summed E-state index contributed by atoms with van der Waals surface area (Å²) in [7, 11) is 1.68. The molecule has 1 saturated carbocycles. The molecule has 1 N–H and O–H groups in total. The van der Waals surface area contributed by atoms with Crippen molar-refractivity contribution in [3.05, 3.63) is 28.2 Å². The molecule has 100 valence electrons. The van der Waals surface area contributed by atoms with Crippen LogP contribution in [0, 0.1) is 5.92 Å². The van der Waals surface area contributed by atoms with Gasteiger partial charge >= 0.3 is 0 Å². The fourth-order valence-corrected chi connectivity index (χ4v) is 3.57. The Morgan fingerprint density at radius 2 is 2.28 bits per heavy atom. The van der Waals surface area contributed by atoms with Gasteiger partial charge in [0.05, 0.1) is 12.7 Å². The monoisotopic (exact) mass is 312 g/mol. The van der Waals surface area contributed by atoms with Crippen molar-refractivity contribution in [1.29, 1.82) is 0 Å². The summed E-state index contributed by atoms with van der Waals surface area (Å²) in [4.78, 5) is 0. The highest BCUT2D eigenvalue weighted by Gasteiger charge is 2.40. The van der Waals surface area contributed by atoms with Crippen molar-refractivity contribution in [2.75, 3.05) is 7.11 Å². The molecule has 0 amide bonds. The molecule has 1 fully saturated rings. The molecule has 0 bridgehead atoms. The topological polar surface area (TPSA) is 29.5 Å². The van der Waals surface area contributed by atoms with Gasteiger partial charge in [0.25, 0.3) is 0 Å². The second-order valence-electron chi connectivity index (χ2n) is 5.23. The van der Waals surface area contributed by atoms with Crippen molar-refractivity contribution in [3.8, 4) is 5.75 Å². The van der Waals surface area contributed by atoms with E-state index in [1.54, 1.807) is 7.11 Å². The van der Waals surface area contributed by atoms with E-state index in [1.165, 1.54) is 0 Å². The second kappa shape index (κ2) is 5.62. The van der Waals surface area contributed by atoms with Crippen molar-refractivity contribution < 1.29 is 9.84 Å². The molecule has 0 saturated heterocycles. The van der Waals surface area contributed by atoms with E-state index in [2.05, 4.69) is 28.9 Å². The molecule has 1 aliphatic carbocycles. The average Bonchev–Trinajstić information content (AvgIpc) is 2.70. The first-order valence-corrected chi connectivity index (χ1v) is 7.43. The number of methoxy groups -OCH3 is 1. The van der Waals surface area contributed by atoms with Crippen LogP contribution < -0.4 is 4.74 Å². The zero-order valence-corrected chi connectivity index (χ0v) is 12.7. The zero-order chi connectivity index (χ0) is 13.2. The minimum Gasteiger partial charge on any atom is -0.496 e. The summed E-state index contributed by atoms with van der Waals surface area (Å²) in [6.45, 7) is 2.17. The molecule has 1 aromatic carbocycles. The summed E-state index contributed by atoms with van der Waals surface area (Å²) in [5.74, 6) is 1.29. The highest BCUT2D eigenvalue weighted by Crippen LogP contribution is 2.41. The highest BCUT2D eigenvalue weighted by atomic mass is 79.9. The van der Waals surface area contributed by atoms with Gasteiger partial charge in [-0.15, -0.1) is 0 Å². The standard InChI is InChI=1S/C15H21BrO2/c1-3-12-5-4-8-15(12,17)10-11-9-13(16)6-7-14(11)18-2/h6-7,9,12,17H,3-5,8,10H2,1-2H3. The Labute approximate surface area is 117 Å². The third-order valence-electron chi connectivity index (χ3n) is 4.15. The van der Waals surface area contributed by atoms with E-state index in [1.807, 2.05) is 12.1 Å². The molecule has 2 unspecified atom stereocenters. The van der Waals surface area contributed by atoms with Crippen LogP contribution in [0.1, 0.15) is 38.2 Å². The van der Waals surface area contributed by atoms with Crippen molar-refractivity contribution in [2.24, 2.45) is 5.92 Å². The maximum absolute atomic E-state index is 10.8. The van der Waals surface area contributed by atoms with Gasteiger partial charge in [-0.1, -0.05) is 35.7 Å². The molecule has 1 aromatic rings. The lowest BCUT2D eigenvalue weighted by molar-refractivity contribution is 0.00101. The SMILES string of the molecule is CCC1CCCC1(O)Cc1cc(Br)ccc1OC. The Bertz CT molecular complexity index is 419. The number of hydrogen-bond donors (Lipinski definition) is 1. The van der Waals surface area contributed by atoms with Crippen LogP contribution in [0.25, 0.3) is 0 Å². The molecular weight excluding hydrogens is 292 g/mol. The summed E-state index contributed by atoms with van der Waals surface area (Å²) >= 11 is 3.49. The molecule has 2 rings (SSSR count). The fourth-order valence-electron chi connectivity index (χ4n) is 3.16. The van der Waals surface area contributed by atoms with Crippen molar-refractivity contribution in [3.63, 3.8) is 0 Å². The van der Waals surface area contributed by atoms with Gasteiger partial charge in [-0.05, 0) is 42.5 Å². The molecule has 0 aliphatic heterocycles. The van der Waals surface area contributed by atoms with Crippen molar-refractivity contribution >= 4 is 15.9 Å². The van der Waals surface area contributed by atoms with E-state index in [4.69, 9.17) is 4.74 Å². The van der Waals surface area contributed by atoms with Gasteiger partial charge in [-0.2, -0.15) is 0 Å². The van der Waals surface area contributed by atoms with Crippen LogP contribution in [0.15, 0.2) is 22.7 Å². The van der Waals surface area contributed by atoms with Crippen LogP contribution in [0.2, 0.25) is 0 Å². The normalized spacial score (nSPS) is 27.4. The predicted octanol–water partition coefficient (Wildman–Crippen LogP) is 3.94. The first-order chi connectivity index (χ1) is 8.59. The van der Waals surface area contributed by atoms with E-state index in [0.29, 0.717) is 12.3 Å². The third kappa shape index (κ3) is 2.72. The lowest BCUT2D eigenvalue weighted by Crippen LogP contribution is -2.35. The van der Waals surface area contributed by atoms with Crippen molar-refractivity contribution in [1.82, 2.24) is 0 Å². The Morgan fingerprint density at radius 1 is 1.50 bits per heavy atom. The van der Waals surface area contributed by atoms with Crippen LogP contribution in [0.4, 0.5) is 0 Å². The van der Waals surface area contributed by atoms with Gasteiger partial charge in [0.2, 0.25) is 0 Å². The zero-order valence-electron chi connectivity index (χ0n) is 11.1.